The lowest BCUT2D eigenvalue weighted by Crippen LogP contribution is -2.19. The number of aromatic nitrogens is 1. The molecule has 3 rings (SSSR count). The Balaban J connectivity index is 2.07. The quantitative estimate of drug-likeness (QED) is 0.663. The molecule has 1 aromatic carbocycles. The largest absolute Gasteiger partial charge is 0.320 e. The molecule has 3 nitrogen and oxygen atoms in total. The van der Waals surface area contributed by atoms with Crippen molar-refractivity contribution in [2.45, 2.75) is 52.5 Å². The summed E-state index contributed by atoms with van der Waals surface area (Å²) in [4.78, 5) is 19.1. The van der Waals surface area contributed by atoms with Crippen LogP contribution in [-0.4, -0.2) is 10.5 Å². The smallest absolute Gasteiger partial charge is 0.279 e. The molecule has 1 amide bonds. The highest BCUT2D eigenvalue weighted by atomic mass is 35.5. The molecule has 1 saturated carbocycles. The number of amides is 1. The number of rotatable bonds is 3. The van der Waals surface area contributed by atoms with E-state index in [9.17, 15) is 4.79 Å². The van der Waals surface area contributed by atoms with Crippen molar-refractivity contribution in [2.75, 3.05) is 0 Å². The average Bonchev–Trinajstić information content (AvgIpc) is 3.24. The average molecular weight is 397 g/mol. The molecule has 25 heavy (non-hydrogen) atoms. The molecule has 134 valence electrons. The molecule has 0 saturated heterocycles. The Labute approximate surface area is 162 Å². The zero-order valence-corrected chi connectivity index (χ0v) is 17.2. The number of thiazole rings is 1. The molecule has 2 aromatic rings. The maximum atomic E-state index is 12.7. The van der Waals surface area contributed by atoms with E-state index in [1.54, 1.807) is 29.5 Å². The summed E-state index contributed by atoms with van der Waals surface area (Å²) in [6, 6.07) is 4.82. The van der Waals surface area contributed by atoms with Gasteiger partial charge in [-0.25, -0.2) is 0 Å². The van der Waals surface area contributed by atoms with Crippen molar-refractivity contribution < 1.29 is 4.79 Å². The third kappa shape index (κ3) is 4.36. The summed E-state index contributed by atoms with van der Waals surface area (Å²) >= 11 is 13.6. The lowest BCUT2D eigenvalue weighted by atomic mass is 9.93. The summed E-state index contributed by atoms with van der Waals surface area (Å²) in [6.07, 6.45) is 2.51. The second-order valence-corrected chi connectivity index (χ2v) is 9.53. The minimum Gasteiger partial charge on any atom is -0.320 e. The lowest BCUT2D eigenvalue weighted by Gasteiger charge is -2.17. The van der Waals surface area contributed by atoms with Gasteiger partial charge in [-0.1, -0.05) is 44.0 Å². The van der Waals surface area contributed by atoms with E-state index in [2.05, 4.69) is 37.3 Å². The highest BCUT2D eigenvalue weighted by molar-refractivity contribution is 7.09. The van der Waals surface area contributed by atoms with Crippen LogP contribution in [0.4, 0.5) is 0 Å². The first-order chi connectivity index (χ1) is 11.6. The van der Waals surface area contributed by atoms with Crippen molar-refractivity contribution in [3.05, 3.63) is 49.2 Å². The Morgan fingerprint density at radius 3 is 2.36 bits per heavy atom. The van der Waals surface area contributed by atoms with Crippen molar-refractivity contribution in [3.63, 3.8) is 0 Å². The molecule has 0 bridgehead atoms. The number of benzene rings is 1. The first kappa shape index (κ1) is 18.7. The third-order valence-electron chi connectivity index (χ3n) is 4.28. The van der Waals surface area contributed by atoms with Gasteiger partial charge in [0.2, 0.25) is 0 Å². The molecular weight excluding hydrogens is 375 g/mol. The van der Waals surface area contributed by atoms with Gasteiger partial charge in [0.05, 0.1) is 0 Å². The lowest BCUT2D eigenvalue weighted by molar-refractivity contribution is 0.0997. The van der Waals surface area contributed by atoms with Crippen LogP contribution in [0, 0.1) is 12.8 Å². The van der Waals surface area contributed by atoms with Crippen LogP contribution >= 0.6 is 34.5 Å². The molecule has 0 unspecified atom stereocenters. The minimum atomic E-state index is -0.310. The van der Waals surface area contributed by atoms with Crippen molar-refractivity contribution in [2.24, 2.45) is 10.9 Å². The zero-order valence-electron chi connectivity index (χ0n) is 14.9. The summed E-state index contributed by atoms with van der Waals surface area (Å²) in [7, 11) is 0. The van der Waals surface area contributed by atoms with Gasteiger partial charge in [-0.15, -0.1) is 11.3 Å². The fourth-order valence-electron chi connectivity index (χ4n) is 2.87. The predicted molar refractivity (Wildman–Crippen MR) is 105 cm³/mol. The Hall–Kier alpha value is -1.10. The van der Waals surface area contributed by atoms with Crippen molar-refractivity contribution in [1.29, 1.82) is 0 Å². The predicted octanol–water partition coefficient (Wildman–Crippen LogP) is 5.61. The SMILES string of the molecule is Cc1c(C(C)(C)C)s/c(=N\C(=O)c2cc(Cl)cc(Cl)c2)n1CC1CC1. The monoisotopic (exact) mass is 396 g/mol. The number of carbonyl (C=O) groups is 1. The van der Waals surface area contributed by atoms with E-state index in [4.69, 9.17) is 23.2 Å². The van der Waals surface area contributed by atoms with Gasteiger partial charge in [-0.3, -0.25) is 4.79 Å². The standard InChI is InChI=1S/C19H22Cl2N2OS/c1-11-16(19(2,3)4)25-18(23(11)10-12-5-6-12)22-17(24)13-7-14(20)9-15(21)8-13/h7-9,12H,5-6,10H2,1-4H3/b22-18-. The van der Waals surface area contributed by atoms with Gasteiger partial charge in [0, 0.05) is 32.7 Å². The second kappa shape index (κ2) is 6.90. The van der Waals surface area contributed by atoms with Gasteiger partial charge in [-0.2, -0.15) is 4.99 Å². The molecule has 0 atom stereocenters. The van der Waals surface area contributed by atoms with Crippen LogP contribution in [0.5, 0.6) is 0 Å². The molecular formula is C19H22Cl2N2OS. The van der Waals surface area contributed by atoms with Crippen molar-refractivity contribution in [1.82, 2.24) is 4.57 Å². The summed E-state index contributed by atoms with van der Waals surface area (Å²) < 4.78 is 2.20. The fourth-order valence-corrected chi connectivity index (χ4v) is 4.59. The summed E-state index contributed by atoms with van der Waals surface area (Å²) in [5, 5.41) is 0.879. The van der Waals surface area contributed by atoms with Gasteiger partial charge >= 0.3 is 0 Å². The Kier molecular flexibility index (Phi) is 5.16. The first-order valence-corrected chi connectivity index (χ1v) is 9.98. The molecule has 0 spiro atoms. The maximum absolute atomic E-state index is 12.7. The van der Waals surface area contributed by atoms with Gasteiger partial charge in [0.1, 0.15) is 0 Å². The molecule has 1 aromatic heterocycles. The summed E-state index contributed by atoms with van der Waals surface area (Å²) in [5.74, 6) is 0.395. The van der Waals surface area contributed by atoms with E-state index in [1.165, 1.54) is 23.4 Å². The van der Waals surface area contributed by atoms with E-state index >= 15 is 0 Å². The Morgan fingerprint density at radius 2 is 1.84 bits per heavy atom. The van der Waals surface area contributed by atoms with Gasteiger partial charge in [0.25, 0.3) is 5.91 Å². The van der Waals surface area contributed by atoms with Crippen molar-refractivity contribution in [3.8, 4) is 0 Å². The number of hydrogen-bond donors (Lipinski definition) is 0. The van der Waals surface area contributed by atoms with Crippen LogP contribution in [0.25, 0.3) is 0 Å². The molecule has 0 N–H and O–H groups in total. The van der Waals surface area contributed by atoms with Crippen LogP contribution in [0.2, 0.25) is 10.0 Å². The molecule has 1 aliphatic carbocycles. The van der Waals surface area contributed by atoms with Crippen LogP contribution in [-0.2, 0) is 12.0 Å². The van der Waals surface area contributed by atoms with E-state index in [0.717, 1.165) is 11.3 Å². The molecule has 1 heterocycles. The topological polar surface area (TPSA) is 34.4 Å². The van der Waals surface area contributed by atoms with Crippen LogP contribution in [0.3, 0.4) is 0 Å². The molecule has 1 fully saturated rings. The third-order valence-corrected chi connectivity index (χ3v) is 6.33. The molecule has 6 heteroatoms. The highest BCUT2D eigenvalue weighted by Crippen LogP contribution is 2.33. The first-order valence-electron chi connectivity index (χ1n) is 8.41. The van der Waals surface area contributed by atoms with Gasteiger partial charge in [0.15, 0.2) is 4.80 Å². The Bertz CT molecular complexity index is 866. The van der Waals surface area contributed by atoms with Crippen LogP contribution in [0.15, 0.2) is 23.2 Å². The summed E-state index contributed by atoms with van der Waals surface area (Å²) in [6.45, 7) is 9.63. The number of carbonyl (C=O) groups excluding carboxylic acids is 1. The highest BCUT2D eigenvalue weighted by Gasteiger charge is 2.27. The van der Waals surface area contributed by atoms with Gasteiger partial charge < -0.3 is 4.57 Å². The Morgan fingerprint density at radius 1 is 1.24 bits per heavy atom. The van der Waals surface area contributed by atoms with E-state index < -0.39 is 0 Å². The molecule has 0 radical (unpaired) electrons. The number of hydrogen-bond acceptors (Lipinski definition) is 2. The maximum Gasteiger partial charge on any atom is 0.279 e. The number of halogens is 2. The fraction of sp³-hybridized carbons (Fsp3) is 0.474. The van der Waals surface area contributed by atoms with Crippen molar-refractivity contribution >= 4 is 40.4 Å². The normalized spacial score (nSPS) is 15.7. The van der Waals surface area contributed by atoms with Crippen LogP contribution in [0.1, 0.15) is 54.5 Å². The van der Waals surface area contributed by atoms with E-state index in [0.29, 0.717) is 21.5 Å². The summed E-state index contributed by atoms with van der Waals surface area (Å²) in [5.41, 5.74) is 1.65. The van der Waals surface area contributed by atoms with E-state index in [-0.39, 0.29) is 11.3 Å². The second-order valence-electron chi connectivity index (χ2n) is 7.68. The number of nitrogens with zero attached hydrogens (tertiary/aromatic N) is 2. The zero-order chi connectivity index (χ0) is 18.4. The molecule has 1 aliphatic rings. The van der Waals surface area contributed by atoms with E-state index in [1.807, 2.05) is 0 Å². The minimum absolute atomic E-state index is 0.0240. The van der Waals surface area contributed by atoms with Gasteiger partial charge in [-0.05, 0) is 49.3 Å². The van der Waals surface area contributed by atoms with Crippen LogP contribution < -0.4 is 4.80 Å². The molecule has 0 aliphatic heterocycles.